The molecule has 1 aromatic carbocycles. The Labute approximate surface area is 81.5 Å². The van der Waals surface area contributed by atoms with E-state index in [1.807, 2.05) is 30.3 Å². The van der Waals surface area contributed by atoms with Crippen LogP contribution in [0.5, 0.6) is 0 Å². The van der Waals surface area contributed by atoms with Gasteiger partial charge in [0.25, 0.3) is 0 Å². The minimum atomic E-state index is 0. The largest absolute Gasteiger partial charge is 1.00 e. The van der Waals surface area contributed by atoms with Crippen molar-refractivity contribution in [2.24, 2.45) is 0 Å². The summed E-state index contributed by atoms with van der Waals surface area (Å²) in [6.07, 6.45) is 0. The molecule has 6 heteroatoms. The first-order valence-corrected chi connectivity index (χ1v) is 1.91. The van der Waals surface area contributed by atoms with Crippen LogP contribution in [0.15, 0.2) is 30.3 Å². The van der Waals surface area contributed by atoms with Crippen molar-refractivity contribution >= 4 is 0 Å². The van der Waals surface area contributed by atoms with Crippen molar-refractivity contribution in [3.8, 4) is 0 Å². The van der Waals surface area contributed by atoms with E-state index < -0.39 is 0 Å². The monoisotopic (exact) mass is 270 g/mol. The van der Waals surface area contributed by atoms with Crippen LogP contribution < -0.4 is 23.5 Å². The smallest absolute Gasteiger partial charge is 0 e. The predicted octanol–water partition coefficient (Wildman–Crippen LogP) is -13.5. The summed E-state index contributed by atoms with van der Waals surface area (Å²) in [6.45, 7) is 0. The maximum absolute atomic E-state index is 2.89. The summed E-state index contributed by atoms with van der Waals surface area (Å²) >= 11 is 0. The Morgan fingerprint density at radius 1 is 0.583 bits per heavy atom. The Balaban J connectivity index is -0.0000000150. The van der Waals surface area contributed by atoms with Crippen molar-refractivity contribution in [2.75, 3.05) is 0 Å². The first kappa shape index (κ1) is 41.7. The Morgan fingerprint density at radius 3 is 1.00 bits per heavy atom. The molecular formula is C6H5F5Mo-5. The summed E-state index contributed by atoms with van der Waals surface area (Å²) in [6, 6.07) is 12.5. The standard InChI is InChI=1S/C6H5.5FH.Mo/c1-2-4-6-5-3-1;;;;;;/h1-5H;5*1H;/p-5. The maximum Gasteiger partial charge on any atom is 0 e. The van der Waals surface area contributed by atoms with E-state index in [4.69, 9.17) is 0 Å². The van der Waals surface area contributed by atoms with Crippen LogP contribution in [0.1, 0.15) is 0 Å². The van der Waals surface area contributed by atoms with Crippen LogP contribution in [0.3, 0.4) is 0 Å². The zero-order valence-electron chi connectivity index (χ0n) is 5.68. The Morgan fingerprint density at radius 2 is 0.917 bits per heavy atom. The van der Waals surface area contributed by atoms with Gasteiger partial charge in [-0.15, -0.1) is 0 Å². The predicted molar refractivity (Wildman–Crippen MR) is 25.3 cm³/mol. The van der Waals surface area contributed by atoms with Crippen molar-refractivity contribution in [3.63, 3.8) is 0 Å². The molecule has 0 aliphatic carbocycles. The van der Waals surface area contributed by atoms with E-state index in [1.54, 1.807) is 0 Å². The van der Waals surface area contributed by atoms with Crippen molar-refractivity contribution in [3.05, 3.63) is 36.4 Å². The van der Waals surface area contributed by atoms with Gasteiger partial charge in [-0.2, -0.15) is 0 Å². The quantitative estimate of drug-likeness (QED) is 0.324. The van der Waals surface area contributed by atoms with Crippen LogP contribution in [0.25, 0.3) is 0 Å². The van der Waals surface area contributed by atoms with Crippen LogP contribution in [0.4, 0.5) is 0 Å². The average molecular weight is 268 g/mol. The second kappa shape index (κ2) is 31.2. The van der Waals surface area contributed by atoms with Gasteiger partial charge in [-0.1, -0.05) is 30.3 Å². The molecule has 1 radical (unpaired) electrons. The molecule has 0 nitrogen and oxygen atoms in total. The third-order valence-corrected chi connectivity index (χ3v) is 0.607. The van der Waals surface area contributed by atoms with Gasteiger partial charge in [-0.3, -0.25) is 0 Å². The first-order valence-electron chi connectivity index (χ1n) is 1.91. The molecule has 0 aliphatic rings. The second-order valence-electron chi connectivity index (χ2n) is 1.08. The Bertz CT molecular complexity index is 87.9. The van der Waals surface area contributed by atoms with Crippen molar-refractivity contribution in [1.29, 1.82) is 0 Å². The molecule has 0 unspecified atom stereocenters. The van der Waals surface area contributed by atoms with Gasteiger partial charge in [-0.05, 0) is 6.07 Å². The summed E-state index contributed by atoms with van der Waals surface area (Å²) in [4.78, 5) is 0. The van der Waals surface area contributed by atoms with Crippen molar-refractivity contribution in [1.82, 2.24) is 0 Å². The van der Waals surface area contributed by atoms with Gasteiger partial charge in [-0.25, -0.2) is 0 Å². The Hall–Kier alpha value is -0.442. The van der Waals surface area contributed by atoms with E-state index >= 15 is 0 Å². The Kier molecular flexibility index (Phi) is 109. The third-order valence-electron chi connectivity index (χ3n) is 0.607. The van der Waals surface area contributed by atoms with Crippen LogP contribution in [0, 0.1) is 6.07 Å². The molecule has 1 aromatic rings. The van der Waals surface area contributed by atoms with Crippen molar-refractivity contribution in [2.45, 2.75) is 0 Å². The van der Waals surface area contributed by atoms with Gasteiger partial charge in [0.1, 0.15) is 0 Å². The second-order valence-corrected chi connectivity index (χ2v) is 1.08. The number of halogens is 5. The maximum atomic E-state index is 2.89. The average Bonchev–Trinajstić information content (AvgIpc) is 1.72. The molecule has 0 saturated heterocycles. The SMILES string of the molecule is [F-].[F-].[F-].[F-].[F-].[Mo].[c]1ccccc1. The fraction of sp³-hybridized carbons (Fsp3) is 0. The van der Waals surface area contributed by atoms with Crippen molar-refractivity contribution < 1.29 is 44.6 Å². The fourth-order valence-electron chi connectivity index (χ4n) is 0.342. The van der Waals surface area contributed by atoms with Gasteiger partial charge in [0, 0.05) is 21.1 Å². The molecule has 75 valence electrons. The molecule has 12 heavy (non-hydrogen) atoms. The zero-order chi connectivity index (χ0) is 4.24. The molecular weight excluding hydrogens is 263 g/mol. The number of hydrogen-bond donors (Lipinski definition) is 0. The summed E-state index contributed by atoms with van der Waals surface area (Å²) in [5.41, 5.74) is 0. The number of hydrogen-bond acceptors (Lipinski definition) is 0. The van der Waals surface area contributed by atoms with Gasteiger partial charge in [0.2, 0.25) is 0 Å². The van der Waals surface area contributed by atoms with Gasteiger partial charge >= 0.3 is 0 Å². The van der Waals surface area contributed by atoms with E-state index in [9.17, 15) is 0 Å². The topological polar surface area (TPSA) is 0 Å². The minimum absolute atomic E-state index is 0. The van der Waals surface area contributed by atoms with E-state index in [0.717, 1.165) is 0 Å². The summed E-state index contributed by atoms with van der Waals surface area (Å²) in [5.74, 6) is 0. The van der Waals surface area contributed by atoms with Gasteiger partial charge in [0.05, 0.1) is 0 Å². The van der Waals surface area contributed by atoms with E-state index in [0.29, 0.717) is 0 Å². The molecule has 1 rings (SSSR count). The van der Waals surface area contributed by atoms with Crippen LogP contribution in [0.2, 0.25) is 0 Å². The number of benzene rings is 1. The molecule has 0 heterocycles. The molecule has 0 N–H and O–H groups in total. The molecule has 0 amide bonds. The van der Waals surface area contributed by atoms with Gasteiger partial charge < -0.3 is 23.5 Å². The van der Waals surface area contributed by atoms with Gasteiger partial charge in [0.15, 0.2) is 0 Å². The minimum Gasteiger partial charge on any atom is -1.00 e. The molecule has 0 saturated carbocycles. The van der Waals surface area contributed by atoms with Crippen LogP contribution >= 0.6 is 0 Å². The zero-order valence-corrected chi connectivity index (χ0v) is 7.69. The van der Waals surface area contributed by atoms with E-state index in [-0.39, 0.29) is 44.6 Å². The van der Waals surface area contributed by atoms with E-state index in [2.05, 4.69) is 6.07 Å². The van der Waals surface area contributed by atoms with E-state index in [1.165, 1.54) is 0 Å². The molecule has 0 aromatic heterocycles. The van der Waals surface area contributed by atoms with Crippen LogP contribution in [-0.4, -0.2) is 0 Å². The molecule has 0 bridgehead atoms. The normalized spacial score (nSPS) is 4.00. The molecule has 0 aliphatic heterocycles. The summed E-state index contributed by atoms with van der Waals surface area (Å²) in [5, 5.41) is 0. The first-order chi connectivity index (χ1) is 3.00. The molecule has 0 fully saturated rings. The molecule has 0 spiro atoms. The molecule has 0 atom stereocenters. The fourth-order valence-corrected chi connectivity index (χ4v) is 0.342. The summed E-state index contributed by atoms with van der Waals surface area (Å²) < 4.78 is 0. The summed E-state index contributed by atoms with van der Waals surface area (Å²) in [7, 11) is 0. The van der Waals surface area contributed by atoms with Crippen LogP contribution in [-0.2, 0) is 21.1 Å². The third kappa shape index (κ3) is 22.7. The number of rotatable bonds is 0.